The molecule has 2 N–H and O–H groups in total. The van der Waals surface area contributed by atoms with Gasteiger partial charge in [0.1, 0.15) is 0 Å². The molecule has 1 aliphatic rings. The molecule has 0 saturated heterocycles. The van der Waals surface area contributed by atoms with Gasteiger partial charge in [-0.25, -0.2) is 0 Å². The lowest BCUT2D eigenvalue weighted by molar-refractivity contribution is -0.137. The lowest BCUT2D eigenvalue weighted by Crippen LogP contribution is -2.31. The maximum atomic E-state index is 12.4. The third-order valence-electron chi connectivity index (χ3n) is 3.95. The van der Waals surface area contributed by atoms with E-state index in [1.54, 1.807) is 11.3 Å². The van der Waals surface area contributed by atoms with E-state index in [1.165, 1.54) is 21.8 Å². The molecule has 1 amide bonds. The SMILES string of the molecule is Cc1ccsc1[C@@H]1C[C@H]1C(=O)N[C@H](CC(=O)O)c1cccs1. The molecule has 0 radical (unpaired) electrons. The van der Waals surface area contributed by atoms with E-state index in [9.17, 15) is 9.59 Å². The van der Waals surface area contributed by atoms with Gasteiger partial charge >= 0.3 is 5.97 Å². The van der Waals surface area contributed by atoms with Crippen molar-refractivity contribution in [2.24, 2.45) is 5.92 Å². The summed E-state index contributed by atoms with van der Waals surface area (Å²) in [6.45, 7) is 2.07. The van der Waals surface area contributed by atoms with Crippen LogP contribution < -0.4 is 5.32 Å². The number of rotatable bonds is 6. The third-order valence-corrected chi connectivity index (χ3v) is 6.08. The highest BCUT2D eigenvalue weighted by Gasteiger charge is 2.45. The zero-order valence-corrected chi connectivity index (χ0v) is 13.7. The largest absolute Gasteiger partial charge is 0.481 e. The lowest BCUT2D eigenvalue weighted by atomic mass is 10.1. The average Bonchev–Trinajstić information content (AvgIpc) is 2.86. The minimum Gasteiger partial charge on any atom is -0.481 e. The topological polar surface area (TPSA) is 66.4 Å². The number of carboxylic acid groups (broad SMARTS) is 1. The van der Waals surface area contributed by atoms with Gasteiger partial charge in [-0.15, -0.1) is 22.7 Å². The molecule has 2 aromatic rings. The summed E-state index contributed by atoms with van der Waals surface area (Å²) in [5.41, 5.74) is 1.24. The molecule has 1 saturated carbocycles. The number of aryl methyl sites for hydroxylation is 1. The number of hydrogen-bond acceptors (Lipinski definition) is 4. The molecule has 0 bridgehead atoms. The molecular formula is C16H17NO3S2. The highest BCUT2D eigenvalue weighted by molar-refractivity contribution is 7.10. The monoisotopic (exact) mass is 335 g/mol. The molecule has 4 nitrogen and oxygen atoms in total. The van der Waals surface area contributed by atoms with Crippen LogP contribution in [0.25, 0.3) is 0 Å². The maximum Gasteiger partial charge on any atom is 0.305 e. The number of amides is 1. The zero-order chi connectivity index (χ0) is 15.7. The first-order valence-corrected chi connectivity index (χ1v) is 8.91. The van der Waals surface area contributed by atoms with Crippen LogP contribution in [0.3, 0.4) is 0 Å². The summed E-state index contributed by atoms with van der Waals surface area (Å²) in [5.74, 6) is -0.653. The van der Waals surface area contributed by atoms with Crippen molar-refractivity contribution in [2.45, 2.75) is 31.7 Å². The summed E-state index contributed by atoms with van der Waals surface area (Å²) in [7, 11) is 0. The summed E-state index contributed by atoms with van der Waals surface area (Å²) in [4.78, 5) is 25.6. The van der Waals surface area contributed by atoms with E-state index in [0.29, 0.717) is 5.92 Å². The first-order valence-electron chi connectivity index (χ1n) is 7.16. The average molecular weight is 335 g/mol. The summed E-state index contributed by atoms with van der Waals surface area (Å²) < 4.78 is 0. The van der Waals surface area contributed by atoms with E-state index in [1.807, 2.05) is 17.5 Å². The Balaban J connectivity index is 1.65. The Kier molecular flexibility index (Phi) is 4.31. The van der Waals surface area contributed by atoms with Gasteiger partial charge in [0.25, 0.3) is 0 Å². The molecule has 6 heteroatoms. The normalized spacial score (nSPS) is 21.3. The van der Waals surface area contributed by atoms with Gasteiger partial charge in [-0.05, 0) is 41.8 Å². The lowest BCUT2D eigenvalue weighted by Gasteiger charge is -2.15. The van der Waals surface area contributed by atoms with E-state index in [0.717, 1.165) is 11.3 Å². The molecule has 1 fully saturated rings. The second kappa shape index (κ2) is 6.22. The van der Waals surface area contributed by atoms with Crippen molar-refractivity contribution >= 4 is 34.6 Å². The van der Waals surface area contributed by atoms with Gasteiger partial charge in [-0.2, -0.15) is 0 Å². The summed E-state index contributed by atoms with van der Waals surface area (Å²) in [6.07, 6.45) is 0.777. The van der Waals surface area contributed by atoms with E-state index in [-0.39, 0.29) is 18.2 Å². The predicted molar refractivity (Wildman–Crippen MR) is 87.4 cm³/mol. The van der Waals surface area contributed by atoms with Crippen LogP contribution in [0.15, 0.2) is 29.0 Å². The van der Waals surface area contributed by atoms with Crippen molar-refractivity contribution in [2.75, 3.05) is 0 Å². The number of carbonyl (C=O) groups excluding carboxylic acids is 1. The van der Waals surface area contributed by atoms with Gasteiger partial charge in [-0.3, -0.25) is 9.59 Å². The Morgan fingerprint density at radius 3 is 2.77 bits per heavy atom. The number of hydrogen-bond donors (Lipinski definition) is 2. The zero-order valence-electron chi connectivity index (χ0n) is 12.1. The Labute approximate surface area is 136 Å². The van der Waals surface area contributed by atoms with Gasteiger partial charge in [0.15, 0.2) is 0 Å². The summed E-state index contributed by atoms with van der Waals surface area (Å²) in [5, 5.41) is 15.9. The Bertz CT molecular complexity index is 677. The highest BCUT2D eigenvalue weighted by atomic mass is 32.1. The minimum atomic E-state index is -0.903. The second-order valence-electron chi connectivity index (χ2n) is 5.59. The fourth-order valence-electron chi connectivity index (χ4n) is 2.70. The molecule has 0 aromatic carbocycles. The van der Waals surface area contributed by atoms with Gasteiger partial charge in [0, 0.05) is 21.6 Å². The Morgan fingerprint density at radius 2 is 2.18 bits per heavy atom. The molecule has 0 aliphatic heterocycles. The summed E-state index contributed by atoms with van der Waals surface area (Å²) in [6, 6.07) is 5.38. The molecule has 2 aromatic heterocycles. The van der Waals surface area contributed by atoms with Crippen molar-refractivity contribution in [3.63, 3.8) is 0 Å². The van der Waals surface area contributed by atoms with Crippen LogP contribution >= 0.6 is 22.7 Å². The molecule has 0 unspecified atom stereocenters. The number of thiophene rings is 2. The summed E-state index contributed by atoms with van der Waals surface area (Å²) >= 11 is 3.17. The molecule has 1 aliphatic carbocycles. The van der Waals surface area contributed by atoms with Crippen LogP contribution in [-0.2, 0) is 9.59 Å². The van der Waals surface area contributed by atoms with Crippen molar-refractivity contribution in [1.29, 1.82) is 0 Å². The van der Waals surface area contributed by atoms with Gasteiger partial charge < -0.3 is 10.4 Å². The van der Waals surface area contributed by atoms with Crippen molar-refractivity contribution < 1.29 is 14.7 Å². The first kappa shape index (κ1) is 15.2. The van der Waals surface area contributed by atoms with E-state index in [4.69, 9.17) is 5.11 Å². The minimum absolute atomic E-state index is 0.0198. The van der Waals surface area contributed by atoms with Gasteiger partial charge in [0.05, 0.1) is 12.5 Å². The van der Waals surface area contributed by atoms with E-state index >= 15 is 0 Å². The number of carbonyl (C=O) groups is 2. The van der Waals surface area contributed by atoms with Crippen LogP contribution in [0.1, 0.15) is 40.1 Å². The quantitative estimate of drug-likeness (QED) is 0.848. The van der Waals surface area contributed by atoms with Gasteiger partial charge in [-0.1, -0.05) is 6.07 Å². The molecule has 22 heavy (non-hydrogen) atoms. The standard InChI is InChI=1S/C16H17NO3S2/c1-9-4-6-22-15(9)10-7-11(10)16(20)17-12(8-14(18)19)13-3-2-5-21-13/h2-6,10-12H,7-8H2,1H3,(H,17,20)(H,18,19)/t10-,11-,12-/m1/s1. The first-order chi connectivity index (χ1) is 10.6. The Morgan fingerprint density at radius 1 is 1.36 bits per heavy atom. The number of carboxylic acids is 1. The fourth-order valence-corrected chi connectivity index (χ4v) is 4.59. The van der Waals surface area contributed by atoms with Crippen molar-refractivity contribution in [3.05, 3.63) is 44.3 Å². The maximum absolute atomic E-state index is 12.4. The fraction of sp³-hybridized carbons (Fsp3) is 0.375. The van der Waals surface area contributed by atoms with Gasteiger partial charge in [0.2, 0.25) is 5.91 Å². The molecule has 2 heterocycles. The van der Waals surface area contributed by atoms with E-state index < -0.39 is 12.0 Å². The van der Waals surface area contributed by atoms with Crippen LogP contribution in [0.4, 0.5) is 0 Å². The Hall–Kier alpha value is -1.66. The van der Waals surface area contributed by atoms with Crippen LogP contribution in [0.5, 0.6) is 0 Å². The van der Waals surface area contributed by atoms with Crippen LogP contribution in [0.2, 0.25) is 0 Å². The molecule has 3 atom stereocenters. The molecule has 116 valence electrons. The molecule has 3 rings (SSSR count). The molecule has 0 spiro atoms. The predicted octanol–water partition coefficient (Wildman–Crippen LogP) is 3.55. The van der Waals surface area contributed by atoms with Crippen LogP contribution in [-0.4, -0.2) is 17.0 Å². The highest BCUT2D eigenvalue weighted by Crippen LogP contribution is 2.50. The number of aliphatic carboxylic acids is 1. The van der Waals surface area contributed by atoms with Crippen molar-refractivity contribution in [1.82, 2.24) is 5.32 Å². The van der Waals surface area contributed by atoms with Crippen molar-refractivity contribution in [3.8, 4) is 0 Å². The number of nitrogens with one attached hydrogen (secondary N) is 1. The van der Waals surface area contributed by atoms with Crippen LogP contribution in [0, 0.1) is 12.8 Å². The molecular weight excluding hydrogens is 318 g/mol. The van der Waals surface area contributed by atoms with E-state index in [2.05, 4.69) is 23.7 Å². The second-order valence-corrected chi connectivity index (χ2v) is 7.52. The smallest absolute Gasteiger partial charge is 0.305 e. The third kappa shape index (κ3) is 3.23.